The van der Waals surface area contributed by atoms with Crippen LogP contribution in [0.15, 0.2) is 24.3 Å². The van der Waals surface area contributed by atoms with E-state index in [9.17, 15) is 9.59 Å². The van der Waals surface area contributed by atoms with Gasteiger partial charge in [0.2, 0.25) is 0 Å². The number of fused-ring (bicyclic) bond motifs is 1. The Morgan fingerprint density at radius 1 is 1.25 bits per heavy atom. The Labute approximate surface area is 163 Å². The summed E-state index contributed by atoms with van der Waals surface area (Å²) in [5.74, 6) is -1.04. The predicted octanol–water partition coefficient (Wildman–Crippen LogP) is 2.24. The molecule has 2 heterocycles. The monoisotopic (exact) mass is 383 g/mol. The molecule has 2 aliphatic rings. The van der Waals surface area contributed by atoms with Crippen LogP contribution < -0.4 is 0 Å². The van der Waals surface area contributed by atoms with E-state index < -0.39 is 12.1 Å². The van der Waals surface area contributed by atoms with Crippen molar-refractivity contribution in [2.45, 2.75) is 45.1 Å². The number of carbonyl (C=O) groups excluding carboxylic acids is 1. The zero-order chi connectivity index (χ0) is 19.7. The highest BCUT2D eigenvalue weighted by atomic mass is 16.5. The molecule has 1 aromatic heterocycles. The Kier molecular flexibility index (Phi) is 5.17. The molecule has 1 aliphatic carbocycles. The highest BCUT2D eigenvalue weighted by Crippen LogP contribution is 2.29. The highest BCUT2D eigenvalue weighted by molar-refractivity contribution is 5.94. The molecule has 2 aromatic rings. The summed E-state index contributed by atoms with van der Waals surface area (Å²) < 4.78 is 7.40. The van der Waals surface area contributed by atoms with Crippen LogP contribution in [-0.2, 0) is 28.8 Å². The molecule has 1 saturated heterocycles. The predicted molar refractivity (Wildman–Crippen MR) is 103 cm³/mol. The van der Waals surface area contributed by atoms with E-state index in [-0.39, 0.29) is 18.9 Å². The summed E-state index contributed by atoms with van der Waals surface area (Å²) in [5, 5.41) is 13.7. The van der Waals surface area contributed by atoms with Crippen LogP contribution in [0.2, 0.25) is 0 Å². The second kappa shape index (κ2) is 7.75. The average molecular weight is 383 g/mol. The fourth-order valence-corrected chi connectivity index (χ4v) is 4.07. The number of morpholine rings is 1. The van der Waals surface area contributed by atoms with Gasteiger partial charge in [-0.15, -0.1) is 0 Å². The summed E-state index contributed by atoms with van der Waals surface area (Å²) in [5.41, 5.74) is 4.89. The third-order valence-corrected chi connectivity index (χ3v) is 5.55. The summed E-state index contributed by atoms with van der Waals surface area (Å²) in [4.78, 5) is 25.8. The fourth-order valence-electron chi connectivity index (χ4n) is 4.07. The number of aryl methyl sites for hydroxylation is 1. The van der Waals surface area contributed by atoms with Gasteiger partial charge in [0.05, 0.1) is 24.8 Å². The zero-order valence-electron chi connectivity index (χ0n) is 16.1. The molecule has 7 heteroatoms. The van der Waals surface area contributed by atoms with Crippen molar-refractivity contribution < 1.29 is 19.4 Å². The van der Waals surface area contributed by atoms with E-state index in [2.05, 4.69) is 36.3 Å². The van der Waals surface area contributed by atoms with Crippen molar-refractivity contribution in [2.75, 3.05) is 19.7 Å². The first-order valence-corrected chi connectivity index (χ1v) is 9.89. The lowest BCUT2D eigenvalue weighted by molar-refractivity contribution is -0.141. The molecular formula is C21H25N3O4. The van der Waals surface area contributed by atoms with E-state index in [1.165, 1.54) is 5.56 Å². The molecule has 1 fully saturated rings. The Hall–Kier alpha value is -2.67. The number of amides is 1. The second-order valence-corrected chi connectivity index (χ2v) is 7.40. The number of carboxylic acids is 1. The highest BCUT2D eigenvalue weighted by Gasteiger charge is 2.32. The zero-order valence-corrected chi connectivity index (χ0v) is 16.1. The van der Waals surface area contributed by atoms with E-state index in [4.69, 9.17) is 9.84 Å². The number of nitrogens with zero attached hydrogens (tertiary/aromatic N) is 3. The number of hydrogen-bond acceptors (Lipinski definition) is 4. The van der Waals surface area contributed by atoms with Gasteiger partial charge in [0.25, 0.3) is 5.91 Å². The van der Waals surface area contributed by atoms with Crippen LogP contribution >= 0.6 is 0 Å². The van der Waals surface area contributed by atoms with Crippen molar-refractivity contribution in [3.63, 3.8) is 0 Å². The standard InChI is InChI=1S/C21H25N3O4/c1-2-14-6-8-15(9-7-14)24-18-5-3-4-17(18)20(22-24)21(27)23-10-11-28-16(13-23)12-19(25)26/h6-9,16H,2-5,10-13H2,1H3,(H,25,26)/t16-/m0/s1. The lowest BCUT2D eigenvalue weighted by Gasteiger charge is -2.32. The summed E-state index contributed by atoms with van der Waals surface area (Å²) in [6.07, 6.45) is 3.20. The quantitative estimate of drug-likeness (QED) is 0.856. The number of carbonyl (C=O) groups is 2. The molecule has 0 spiro atoms. The van der Waals surface area contributed by atoms with Crippen LogP contribution in [0.4, 0.5) is 0 Å². The third kappa shape index (κ3) is 3.54. The van der Waals surface area contributed by atoms with Crippen molar-refractivity contribution in [1.82, 2.24) is 14.7 Å². The van der Waals surface area contributed by atoms with Gasteiger partial charge in [-0.1, -0.05) is 19.1 Å². The van der Waals surface area contributed by atoms with Crippen LogP contribution in [0.5, 0.6) is 0 Å². The van der Waals surface area contributed by atoms with E-state index in [0.29, 0.717) is 18.8 Å². The van der Waals surface area contributed by atoms with Crippen molar-refractivity contribution in [3.8, 4) is 5.69 Å². The molecule has 0 unspecified atom stereocenters. The van der Waals surface area contributed by atoms with E-state index >= 15 is 0 Å². The van der Waals surface area contributed by atoms with Crippen molar-refractivity contribution in [1.29, 1.82) is 0 Å². The van der Waals surface area contributed by atoms with E-state index in [1.54, 1.807) is 4.90 Å². The van der Waals surface area contributed by atoms with Crippen LogP contribution in [0.3, 0.4) is 0 Å². The van der Waals surface area contributed by atoms with Gasteiger partial charge in [0.15, 0.2) is 5.69 Å². The molecule has 0 bridgehead atoms. The third-order valence-electron chi connectivity index (χ3n) is 5.55. The topological polar surface area (TPSA) is 84.7 Å². The van der Waals surface area contributed by atoms with Gasteiger partial charge in [-0.05, 0) is 43.4 Å². The van der Waals surface area contributed by atoms with Crippen LogP contribution in [0, 0.1) is 0 Å². The normalized spacial score (nSPS) is 18.9. The van der Waals surface area contributed by atoms with Gasteiger partial charge < -0.3 is 14.7 Å². The minimum Gasteiger partial charge on any atom is -0.481 e. The molecule has 1 atom stereocenters. The maximum absolute atomic E-state index is 13.2. The summed E-state index contributed by atoms with van der Waals surface area (Å²) >= 11 is 0. The van der Waals surface area contributed by atoms with Crippen molar-refractivity contribution >= 4 is 11.9 Å². The Bertz CT molecular complexity index is 888. The first-order chi connectivity index (χ1) is 13.6. The van der Waals surface area contributed by atoms with Gasteiger partial charge in [-0.25, -0.2) is 4.68 Å². The molecule has 4 rings (SSSR count). The smallest absolute Gasteiger partial charge is 0.306 e. The van der Waals surface area contributed by atoms with Gasteiger partial charge in [-0.2, -0.15) is 5.10 Å². The molecule has 148 valence electrons. The fraction of sp³-hybridized carbons (Fsp3) is 0.476. The van der Waals surface area contributed by atoms with Gasteiger partial charge >= 0.3 is 5.97 Å². The Balaban J connectivity index is 1.61. The molecule has 7 nitrogen and oxygen atoms in total. The minimum absolute atomic E-state index is 0.0971. The first kappa shape index (κ1) is 18.7. The van der Waals surface area contributed by atoms with Gasteiger partial charge in [0, 0.05) is 24.3 Å². The SMILES string of the molecule is CCc1ccc(-n2nc(C(=O)N3CCO[C@@H](CC(=O)O)C3)c3c2CCC3)cc1. The largest absolute Gasteiger partial charge is 0.481 e. The van der Waals surface area contributed by atoms with Gasteiger partial charge in [-0.3, -0.25) is 9.59 Å². The molecule has 1 aromatic carbocycles. The first-order valence-electron chi connectivity index (χ1n) is 9.89. The molecule has 1 N–H and O–H groups in total. The lowest BCUT2D eigenvalue weighted by Crippen LogP contribution is -2.46. The summed E-state index contributed by atoms with van der Waals surface area (Å²) in [6, 6.07) is 8.29. The molecule has 28 heavy (non-hydrogen) atoms. The minimum atomic E-state index is -0.917. The number of ether oxygens (including phenoxy) is 1. The maximum atomic E-state index is 13.2. The summed E-state index contributed by atoms with van der Waals surface area (Å²) in [6.45, 7) is 3.22. The van der Waals surface area contributed by atoms with Crippen molar-refractivity contribution in [2.24, 2.45) is 0 Å². The number of rotatable bonds is 5. The van der Waals surface area contributed by atoms with Crippen LogP contribution in [-0.4, -0.2) is 57.5 Å². The number of aliphatic carboxylic acids is 1. The van der Waals surface area contributed by atoms with Crippen LogP contribution in [0.1, 0.15) is 47.1 Å². The van der Waals surface area contributed by atoms with Crippen molar-refractivity contribution in [3.05, 3.63) is 46.8 Å². The molecule has 0 radical (unpaired) electrons. The molecular weight excluding hydrogens is 358 g/mol. The van der Waals surface area contributed by atoms with E-state index in [1.807, 2.05) is 4.68 Å². The average Bonchev–Trinajstić information content (AvgIpc) is 3.30. The lowest BCUT2D eigenvalue weighted by atomic mass is 10.1. The Morgan fingerprint density at radius 2 is 2.04 bits per heavy atom. The van der Waals surface area contributed by atoms with E-state index in [0.717, 1.165) is 42.6 Å². The number of carboxylic acid groups (broad SMARTS) is 1. The van der Waals surface area contributed by atoms with Crippen LogP contribution in [0.25, 0.3) is 5.69 Å². The number of hydrogen-bond donors (Lipinski definition) is 1. The second-order valence-electron chi connectivity index (χ2n) is 7.40. The maximum Gasteiger partial charge on any atom is 0.306 e. The molecule has 1 amide bonds. The Morgan fingerprint density at radius 3 is 2.75 bits per heavy atom. The van der Waals surface area contributed by atoms with Gasteiger partial charge in [0.1, 0.15) is 0 Å². The summed E-state index contributed by atoms with van der Waals surface area (Å²) in [7, 11) is 0. The molecule has 1 aliphatic heterocycles. The number of aromatic nitrogens is 2. The molecule has 0 saturated carbocycles. The number of benzene rings is 1.